The SMILES string of the molecule is CC(CCn1c(Cn2nnc3ccccc32)nc2ccccc21)=NO. The highest BCUT2D eigenvalue weighted by atomic mass is 16.4. The second-order valence-electron chi connectivity index (χ2n) is 5.99. The lowest BCUT2D eigenvalue weighted by Crippen LogP contribution is -2.11. The Bertz CT molecular complexity index is 1060. The van der Waals surface area contributed by atoms with Gasteiger partial charge in [-0.3, -0.25) is 0 Å². The minimum atomic E-state index is 0.532. The molecule has 2 aromatic heterocycles. The molecule has 0 aliphatic heterocycles. The van der Waals surface area contributed by atoms with Crippen LogP contribution in [0.2, 0.25) is 0 Å². The highest BCUT2D eigenvalue weighted by Gasteiger charge is 2.13. The van der Waals surface area contributed by atoms with Gasteiger partial charge in [0.1, 0.15) is 17.9 Å². The van der Waals surface area contributed by atoms with Crippen LogP contribution in [0.3, 0.4) is 0 Å². The molecule has 0 atom stereocenters. The smallest absolute Gasteiger partial charge is 0.131 e. The normalized spacial score (nSPS) is 12.3. The molecule has 126 valence electrons. The molecule has 7 nitrogen and oxygen atoms in total. The van der Waals surface area contributed by atoms with Crippen molar-refractivity contribution in [3.63, 3.8) is 0 Å². The average Bonchev–Trinajstić information content (AvgIpc) is 3.21. The molecule has 4 rings (SSSR count). The first kappa shape index (κ1) is 15.3. The summed E-state index contributed by atoms with van der Waals surface area (Å²) in [5, 5.41) is 20.7. The molecular formula is C18H18N6O. The van der Waals surface area contributed by atoms with E-state index in [1.54, 1.807) is 0 Å². The average molecular weight is 334 g/mol. The predicted octanol–water partition coefficient (Wildman–Crippen LogP) is 3.07. The zero-order chi connectivity index (χ0) is 17.2. The van der Waals surface area contributed by atoms with E-state index in [0.717, 1.165) is 27.9 Å². The Labute approximate surface area is 144 Å². The number of aryl methyl sites for hydroxylation is 1. The Morgan fingerprint density at radius 1 is 1.04 bits per heavy atom. The summed E-state index contributed by atoms with van der Waals surface area (Å²) >= 11 is 0. The largest absolute Gasteiger partial charge is 0.411 e. The van der Waals surface area contributed by atoms with Crippen LogP contribution >= 0.6 is 0 Å². The minimum Gasteiger partial charge on any atom is -0.411 e. The third-order valence-corrected chi connectivity index (χ3v) is 4.31. The number of nitrogens with zero attached hydrogens (tertiary/aromatic N) is 6. The van der Waals surface area contributed by atoms with Crippen molar-refractivity contribution in [1.82, 2.24) is 24.5 Å². The van der Waals surface area contributed by atoms with Gasteiger partial charge in [0.2, 0.25) is 0 Å². The summed E-state index contributed by atoms with van der Waals surface area (Å²) in [6.45, 7) is 3.03. The molecule has 0 bridgehead atoms. The van der Waals surface area contributed by atoms with Gasteiger partial charge in [0.05, 0.1) is 22.3 Å². The summed E-state index contributed by atoms with van der Waals surface area (Å²) in [7, 11) is 0. The molecule has 1 N–H and O–H groups in total. The third-order valence-electron chi connectivity index (χ3n) is 4.31. The second kappa shape index (κ2) is 6.35. The molecule has 0 amide bonds. The Morgan fingerprint density at radius 3 is 2.56 bits per heavy atom. The number of oxime groups is 1. The van der Waals surface area contributed by atoms with Crippen LogP contribution in [0.15, 0.2) is 53.7 Å². The molecule has 0 aliphatic carbocycles. The molecule has 0 saturated carbocycles. The first-order chi connectivity index (χ1) is 12.3. The van der Waals surface area contributed by atoms with Crippen LogP contribution in [-0.4, -0.2) is 35.5 Å². The zero-order valence-corrected chi connectivity index (χ0v) is 13.9. The van der Waals surface area contributed by atoms with Gasteiger partial charge < -0.3 is 9.77 Å². The number of hydrogen-bond acceptors (Lipinski definition) is 5. The van der Waals surface area contributed by atoms with Gasteiger partial charge in [0.15, 0.2) is 0 Å². The maximum atomic E-state index is 8.91. The van der Waals surface area contributed by atoms with Crippen molar-refractivity contribution in [2.45, 2.75) is 26.4 Å². The quantitative estimate of drug-likeness (QED) is 0.345. The molecule has 2 aromatic carbocycles. The van der Waals surface area contributed by atoms with E-state index in [4.69, 9.17) is 10.2 Å². The van der Waals surface area contributed by atoms with Gasteiger partial charge in [-0.1, -0.05) is 34.6 Å². The predicted molar refractivity (Wildman–Crippen MR) is 95.9 cm³/mol. The van der Waals surface area contributed by atoms with Crippen LogP contribution < -0.4 is 0 Å². The fraction of sp³-hybridized carbons (Fsp3) is 0.222. The number of benzene rings is 2. The minimum absolute atomic E-state index is 0.532. The topological polar surface area (TPSA) is 81.1 Å². The van der Waals surface area contributed by atoms with E-state index < -0.39 is 0 Å². The van der Waals surface area contributed by atoms with E-state index >= 15 is 0 Å². The van der Waals surface area contributed by atoms with Gasteiger partial charge in [-0.25, -0.2) is 9.67 Å². The first-order valence-electron chi connectivity index (χ1n) is 8.16. The lowest BCUT2D eigenvalue weighted by Gasteiger charge is -2.09. The van der Waals surface area contributed by atoms with Crippen molar-refractivity contribution >= 4 is 27.8 Å². The van der Waals surface area contributed by atoms with Gasteiger partial charge in [-0.2, -0.15) is 0 Å². The molecule has 7 heteroatoms. The second-order valence-corrected chi connectivity index (χ2v) is 5.99. The zero-order valence-electron chi connectivity index (χ0n) is 13.9. The summed E-state index contributed by atoms with van der Waals surface area (Å²) in [6, 6.07) is 15.9. The lowest BCUT2D eigenvalue weighted by molar-refractivity contribution is 0.317. The molecule has 0 spiro atoms. The van der Waals surface area contributed by atoms with Crippen LogP contribution in [0.5, 0.6) is 0 Å². The molecule has 0 unspecified atom stereocenters. The van der Waals surface area contributed by atoms with Gasteiger partial charge in [-0.15, -0.1) is 5.10 Å². The van der Waals surface area contributed by atoms with E-state index in [2.05, 4.69) is 26.1 Å². The molecule has 25 heavy (non-hydrogen) atoms. The standard InChI is InChI=1S/C18H18N6O/c1-13(21-25)10-11-23-16-8-4-2-6-14(16)19-18(23)12-24-17-9-5-3-7-15(17)20-22-24/h2-9,25H,10-12H2,1H3. The lowest BCUT2D eigenvalue weighted by atomic mass is 10.2. The number of hydrogen-bond donors (Lipinski definition) is 1. The highest BCUT2D eigenvalue weighted by Crippen LogP contribution is 2.19. The Kier molecular flexibility index (Phi) is 3.89. The number of fused-ring (bicyclic) bond motifs is 2. The van der Waals surface area contributed by atoms with E-state index in [-0.39, 0.29) is 0 Å². The first-order valence-corrected chi connectivity index (χ1v) is 8.16. The Hall–Kier alpha value is -3.22. The fourth-order valence-corrected chi connectivity index (χ4v) is 2.99. The Balaban J connectivity index is 1.75. The number of aromatic nitrogens is 5. The fourth-order valence-electron chi connectivity index (χ4n) is 2.99. The summed E-state index contributed by atoms with van der Waals surface area (Å²) < 4.78 is 4.01. The van der Waals surface area contributed by atoms with E-state index in [9.17, 15) is 0 Å². The van der Waals surface area contributed by atoms with E-state index in [1.165, 1.54) is 0 Å². The number of rotatable bonds is 5. The van der Waals surface area contributed by atoms with Crippen LogP contribution in [0.1, 0.15) is 19.2 Å². The summed E-state index contributed by atoms with van der Waals surface area (Å²) in [5.74, 6) is 0.905. The monoisotopic (exact) mass is 334 g/mol. The Morgan fingerprint density at radius 2 is 1.76 bits per heavy atom. The summed E-state index contributed by atoms with van der Waals surface area (Å²) in [4.78, 5) is 4.77. The molecule has 4 aromatic rings. The highest BCUT2D eigenvalue weighted by molar-refractivity contribution is 5.81. The van der Waals surface area contributed by atoms with E-state index in [1.807, 2.05) is 54.1 Å². The maximum Gasteiger partial charge on any atom is 0.131 e. The van der Waals surface area contributed by atoms with Crippen LogP contribution in [0, 0.1) is 0 Å². The molecule has 0 radical (unpaired) electrons. The number of imidazole rings is 1. The van der Waals surface area contributed by atoms with Crippen molar-refractivity contribution < 1.29 is 5.21 Å². The van der Waals surface area contributed by atoms with Crippen LogP contribution in [0.4, 0.5) is 0 Å². The molecule has 0 fully saturated rings. The molecule has 0 saturated heterocycles. The molecule has 2 heterocycles. The summed E-state index contributed by atoms with van der Waals surface area (Å²) in [5.41, 5.74) is 4.55. The molecule has 0 aliphatic rings. The van der Waals surface area contributed by atoms with Crippen molar-refractivity contribution in [1.29, 1.82) is 0 Å². The van der Waals surface area contributed by atoms with Crippen LogP contribution in [-0.2, 0) is 13.1 Å². The third kappa shape index (κ3) is 2.84. The van der Waals surface area contributed by atoms with Crippen molar-refractivity contribution in [2.24, 2.45) is 5.16 Å². The molecular weight excluding hydrogens is 316 g/mol. The van der Waals surface area contributed by atoms with Gasteiger partial charge in [-0.05, 0) is 31.2 Å². The maximum absolute atomic E-state index is 8.91. The van der Waals surface area contributed by atoms with Gasteiger partial charge >= 0.3 is 0 Å². The van der Waals surface area contributed by atoms with Crippen molar-refractivity contribution in [3.8, 4) is 0 Å². The van der Waals surface area contributed by atoms with Crippen molar-refractivity contribution in [3.05, 3.63) is 54.4 Å². The number of para-hydroxylation sites is 3. The van der Waals surface area contributed by atoms with E-state index in [0.29, 0.717) is 25.2 Å². The van der Waals surface area contributed by atoms with Crippen LogP contribution in [0.25, 0.3) is 22.1 Å². The van der Waals surface area contributed by atoms with Gasteiger partial charge in [0, 0.05) is 13.0 Å². The van der Waals surface area contributed by atoms with Gasteiger partial charge in [0.25, 0.3) is 0 Å². The van der Waals surface area contributed by atoms with Crippen molar-refractivity contribution in [2.75, 3.05) is 0 Å². The summed E-state index contributed by atoms with van der Waals surface area (Å²) in [6.07, 6.45) is 0.655.